The molecule has 1 unspecified atom stereocenters. The monoisotopic (exact) mass is 314 g/mol. The SMILES string of the molecule is COc1cccc(C(=O)NCC2CCCNC2)c1OC(F)F. The van der Waals surface area contributed by atoms with Gasteiger partial charge in [0.2, 0.25) is 0 Å². The van der Waals surface area contributed by atoms with Gasteiger partial charge in [-0.25, -0.2) is 0 Å². The second kappa shape index (κ2) is 7.93. The molecule has 0 radical (unpaired) electrons. The molecule has 5 nitrogen and oxygen atoms in total. The highest BCUT2D eigenvalue weighted by atomic mass is 19.3. The minimum Gasteiger partial charge on any atom is -0.493 e. The lowest BCUT2D eigenvalue weighted by Gasteiger charge is -2.23. The topological polar surface area (TPSA) is 59.6 Å². The molecule has 1 aliphatic heterocycles. The molecule has 0 bridgehead atoms. The fraction of sp³-hybridized carbons (Fsp3) is 0.533. The van der Waals surface area contributed by atoms with Crippen molar-refractivity contribution in [2.75, 3.05) is 26.7 Å². The zero-order valence-electron chi connectivity index (χ0n) is 12.4. The number of carbonyl (C=O) groups is 1. The lowest BCUT2D eigenvalue weighted by atomic mass is 9.99. The number of benzene rings is 1. The van der Waals surface area contributed by atoms with Gasteiger partial charge in [-0.2, -0.15) is 8.78 Å². The van der Waals surface area contributed by atoms with Gasteiger partial charge in [-0.3, -0.25) is 4.79 Å². The molecule has 2 N–H and O–H groups in total. The van der Waals surface area contributed by atoms with E-state index in [4.69, 9.17) is 4.74 Å². The molecule has 2 rings (SSSR count). The third kappa shape index (κ3) is 4.30. The van der Waals surface area contributed by atoms with Crippen molar-refractivity contribution in [1.29, 1.82) is 0 Å². The van der Waals surface area contributed by atoms with Crippen molar-refractivity contribution in [2.45, 2.75) is 19.5 Å². The molecule has 1 heterocycles. The molecule has 122 valence electrons. The van der Waals surface area contributed by atoms with E-state index in [1.807, 2.05) is 0 Å². The van der Waals surface area contributed by atoms with E-state index in [-0.39, 0.29) is 17.1 Å². The number of hydrogen-bond donors (Lipinski definition) is 2. The Hall–Kier alpha value is -1.89. The van der Waals surface area contributed by atoms with Crippen LogP contribution in [-0.4, -0.2) is 39.3 Å². The highest BCUT2D eigenvalue weighted by Gasteiger charge is 2.21. The van der Waals surface area contributed by atoms with Gasteiger partial charge < -0.3 is 20.1 Å². The first kappa shape index (κ1) is 16.5. The van der Waals surface area contributed by atoms with Gasteiger partial charge in [0.15, 0.2) is 11.5 Å². The number of halogens is 2. The molecule has 1 fully saturated rings. The summed E-state index contributed by atoms with van der Waals surface area (Å²) >= 11 is 0. The average Bonchev–Trinajstić information content (AvgIpc) is 2.53. The van der Waals surface area contributed by atoms with Gasteiger partial charge in [-0.05, 0) is 44.0 Å². The molecule has 1 aromatic rings. The number of piperidine rings is 1. The van der Waals surface area contributed by atoms with Gasteiger partial charge in [0.25, 0.3) is 5.91 Å². The van der Waals surface area contributed by atoms with Crippen molar-refractivity contribution in [1.82, 2.24) is 10.6 Å². The lowest BCUT2D eigenvalue weighted by molar-refractivity contribution is -0.0515. The van der Waals surface area contributed by atoms with Crippen LogP contribution in [0.1, 0.15) is 23.2 Å². The third-order valence-electron chi connectivity index (χ3n) is 3.60. The van der Waals surface area contributed by atoms with E-state index in [0.29, 0.717) is 12.5 Å². The standard InChI is InChI=1S/C15H20F2N2O3/c1-21-12-6-2-5-11(13(12)22-15(16)17)14(20)19-9-10-4-3-7-18-8-10/h2,5-6,10,15,18H,3-4,7-9H2,1H3,(H,19,20). The number of para-hydroxylation sites is 1. The van der Waals surface area contributed by atoms with Crippen LogP contribution >= 0.6 is 0 Å². The summed E-state index contributed by atoms with van der Waals surface area (Å²) in [4.78, 5) is 12.2. The summed E-state index contributed by atoms with van der Waals surface area (Å²) in [5.74, 6) is -0.227. The Morgan fingerprint density at radius 1 is 1.50 bits per heavy atom. The fourth-order valence-electron chi connectivity index (χ4n) is 2.50. The minimum absolute atomic E-state index is 0.0448. The molecule has 1 aliphatic rings. The Labute approximate surface area is 128 Å². The predicted octanol–water partition coefficient (Wildman–Crippen LogP) is 2.03. The summed E-state index contributed by atoms with van der Waals surface area (Å²) in [6, 6.07) is 4.47. The van der Waals surface area contributed by atoms with Crippen LogP contribution in [-0.2, 0) is 0 Å². The zero-order valence-corrected chi connectivity index (χ0v) is 12.4. The van der Waals surface area contributed by atoms with Crippen LogP contribution < -0.4 is 20.1 Å². The summed E-state index contributed by atoms with van der Waals surface area (Å²) in [5, 5.41) is 6.03. The number of alkyl halides is 2. The minimum atomic E-state index is -3.02. The van der Waals surface area contributed by atoms with Crippen LogP contribution in [0.3, 0.4) is 0 Å². The Morgan fingerprint density at radius 2 is 2.32 bits per heavy atom. The zero-order chi connectivity index (χ0) is 15.9. The summed E-state index contributed by atoms with van der Waals surface area (Å²) in [7, 11) is 1.34. The molecule has 0 aliphatic carbocycles. The first-order chi connectivity index (χ1) is 10.6. The van der Waals surface area contributed by atoms with E-state index in [2.05, 4.69) is 15.4 Å². The summed E-state index contributed by atoms with van der Waals surface area (Å²) in [5.41, 5.74) is 0.0448. The normalized spacial score (nSPS) is 18.1. The van der Waals surface area contributed by atoms with E-state index >= 15 is 0 Å². The van der Waals surface area contributed by atoms with E-state index in [1.165, 1.54) is 19.2 Å². The van der Waals surface area contributed by atoms with E-state index < -0.39 is 12.5 Å². The molecule has 1 saturated heterocycles. The largest absolute Gasteiger partial charge is 0.493 e. The van der Waals surface area contributed by atoms with E-state index in [0.717, 1.165) is 25.9 Å². The number of methoxy groups -OCH3 is 1. The van der Waals surface area contributed by atoms with E-state index in [9.17, 15) is 13.6 Å². The van der Waals surface area contributed by atoms with Crippen molar-refractivity contribution in [3.05, 3.63) is 23.8 Å². The smallest absolute Gasteiger partial charge is 0.387 e. The van der Waals surface area contributed by atoms with Crippen molar-refractivity contribution >= 4 is 5.91 Å². The van der Waals surface area contributed by atoms with Crippen molar-refractivity contribution in [3.8, 4) is 11.5 Å². The van der Waals surface area contributed by atoms with Crippen molar-refractivity contribution in [2.24, 2.45) is 5.92 Å². The predicted molar refractivity (Wildman–Crippen MR) is 77.6 cm³/mol. The number of ether oxygens (including phenoxy) is 2. The molecule has 1 amide bonds. The number of hydrogen-bond acceptors (Lipinski definition) is 4. The number of carbonyl (C=O) groups excluding carboxylic acids is 1. The van der Waals surface area contributed by atoms with Gasteiger partial charge in [-0.15, -0.1) is 0 Å². The Bertz CT molecular complexity index is 506. The van der Waals surface area contributed by atoms with Crippen LogP contribution in [0.4, 0.5) is 8.78 Å². The molecule has 0 aromatic heterocycles. The summed E-state index contributed by atoms with van der Waals surface area (Å²) in [6.07, 6.45) is 2.10. The molecule has 1 aromatic carbocycles. The first-order valence-corrected chi connectivity index (χ1v) is 7.22. The number of rotatable bonds is 6. The van der Waals surface area contributed by atoms with Gasteiger partial charge in [0.1, 0.15) is 0 Å². The van der Waals surface area contributed by atoms with Crippen LogP contribution in [0.15, 0.2) is 18.2 Å². The summed E-state index contributed by atoms with van der Waals surface area (Å²) < 4.78 is 34.5. The van der Waals surface area contributed by atoms with Crippen molar-refractivity contribution < 1.29 is 23.0 Å². The highest BCUT2D eigenvalue weighted by Crippen LogP contribution is 2.32. The van der Waals surface area contributed by atoms with Crippen molar-refractivity contribution in [3.63, 3.8) is 0 Å². The fourth-order valence-corrected chi connectivity index (χ4v) is 2.50. The van der Waals surface area contributed by atoms with Gasteiger partial charge in [0, 0.05) is 6.54 Å². The van der Waals surface area contributed by atoms with Crippen LogP contribution in [0.2, 0.25) is 0 Å². The summed E-state index contributed by atoms with van der Waals surface area (Å²) in [6.45, 7) is -0.687. The Kier molecular flexibility index (Phi) is 5.94. The van der Waals surface area contributed by atoms with Gasteiger partial charge in [-0.1, -0.05) is 6.07 Å². The maximum absolute atomic E-state index is 12.5. The molecule has 22 heavy (non-hydrogen) atoms. The van der Waals surface area contributed by atoms with Gasteiger partial charge >= 0.3 is 6.61 Å². The number of amides is 1. The Balaban J connectivity index is 2.07. The number of nitrogens with one attached hydrogen (secondary N) is 2. The molecule has 7 heteroatoms. The molecular formula is C15H20F2N2O3. The molecule has 0 spiro atoms. The molecule has 1 atom stereocenters. The third-order valence-corrected chi connectivity index (χ3v) is 3.60. The first-order valence-electron chi connectivity index (χ1n) is 7.22. The molecular weight excluding hydrogens is 294 g/mol. The Morgan fingerprint density at radius 3 is 2.95 bits per heavy atom. The lowest BCUT2D eigenvalue weighted by Crippen LogP contribution is -2.38. The van der Waals surface area contributed by atoms with Crippen LogP contribution in [0.5, 0.6) is 11.5 Å². The quantitative estimate of drug-likeness (QED) is 0.843. The maximum Gasteiger partial charge on any atom is 0.387 e. The second-order valence-electron chi connectivity index (χ2n) is 5.14. The van der Waals surface area contributed by atoms with Crippen LogP contribution in [0, 0.1) is 5.92 Å². The maximum atomic E-state index is 12.5. The molecule has 0 saturated carbocycles. The van der Waals surface area contributed by atoms with Gasteiger partial charge in [0.05, 0.1) is 12.7 Å². The highest BCUT2D eigenvalue weighted by molar-refractivity contribution is 5.97. The average molecular weight is 314 g/mol. The van der Waals surface area contributed by atoms with E-state index in [1.54, 1.807) is 6.07 Å². The van der Waals surface area contributed by atoms with Crippen LogP contribution in [0.25, 0.3) is 0 Å². The second-order valence-corrected chi connectivity index (χ2v) is 5.14.